The van der Waals surface area contributed by atoms with Gasteiger partial charge in [-0.3, -0.25) is 5.32 Å². The molecule has 0 aliphatic rings. The van der Waals surface area contributed by atoms with Crippen molar-refractivity contribution in [3.05, 3.63) is 12.8 Å². The minimum Gasteiger partial charge on any atom is -0.465 e. The minimum atomic E-state index is -1.08. The van der Waals surface area contributed by atoms with E-state index in [0.717, 1.165) is 6.20 Å². The third-order valence-corrected chi connectivity index (χ3v) is 0.355. The monoisotopic (exact) mass is 148 g/mol. The average Bonchev–Trinajstić information content (AvgIpc) is 1.89. The lowest BCUT2D eigenvalue weighted by Gasteiger charge is -1.81. The van der Waals surface area contributed by atoms with E-state index < -0.39 is 6.09 Å². The molecule has 5 nitrogen and oxygen atoms in total. The Morgan fingerprint density at radius 1 is 1.80 bits per heavy atom. The molecule has 0 heterocycles. The van der Waals surface area contributed by atoms with Gasteiger partial charge in [-0.1, -0.05) is 6.58 Å². The number of amides is 1. The zero-order valence-corrected chi connectivity index (χ0v) is 5.58. The largest absolute Gasteiger partial charge is 0.465 e. The Morgan fingerprint density at radius 2 is 2.20 bits per heavy atom. The second-order valence-corrected chi connectivity index (χ2v) is 1.17. The van der Waals surface area contributed by atoms with Gasteiger partial charge in [0.1, 0.15) is 0 Å². The molecular formula is C5H12N2O3. The molecule has 0 unspecified atom stereocenters. The summed E-state index contributed by atoms with van der Waals surface area (Å²) in [5.41, 5.74) is 4.78. The Hall–Kier alpha value is -1.07. The minimum absolute atomic E-state index is 0.0972. The Morgan fingerprint density at radius 3 is 2.20 bits per heavy atom. The molecule has 0 saturated carbocycles. The van der Waals surface area contributed by atoms with Crippen molar-refractivity contribution in [1.29, 1.82) is 0 Å². The van der Waals surface area contributed by atoms with Crippen molar-refractivity contribution in [2.45, 2.75) is 0 Å². The van der Waals surface area contributed by atoms with Crippen molar-refractivity contribution in [2.75, 3.05) is 13.2 Å². The van der Waals surface area contributed by atoms with E-state index in [9.17, 15) is 4.79 Å². The quantitative estimate of drug-likeness (QED) is 0.418. The maximum absolute atomic E-state index is 9.42. The number of aliphatic hydroxyl groups excluding tert-OH is 1. The normalized spacial score (nSPS) is 7.00. The van der Waals surface area contributed by atoms with Crippen LogP contribution in [-0.2, 0) is 0 Å². The van der Waals surface area contributed by atoms with Gasteiger partial charge in [-0.2, -0.15) is 0 Å². The molecule has 1 amide bonds. The number of aliphatic hydroxyl groups is 1. The molecule has 0 aromatic heterocycles. The van der Waals surface area contributed by atoms with E-state index in [4.69, 9.17) is 15.9 Å². The van der Waals surface area contributed by atoms with Crippen molar-refractivity contribution in [2.24, 2.45) is 5.73 Å². The molecule has 5 heteroatoms. The molecule has 5 N–H and O–H groups in total. The van der Waals surface area contributed by atoms with Crippen LogP contribution in [0, 0.1) is 0 Å². The van der Waals surface area contributed by atoms with Gasteiger partial charge in [-0.05, 0) is 6.20 Å². The maximum atomic E-state index is 9.42. The molecular weight excluding hydrogens is 136 g/mol. The predicted octanol–water partition coefficient (Wildman–Crippen LogP) is -0.665. The fraction of sp³-hybridized carbons (Fsp3) is 0.400. The number of hydrogen-bond donors (Lipinski definition) is 4. The highest BCUT2D eigenvalue weighted by molar-refractivity contribution is 5.65. The number of carboxylic acid groups (broad SMARTS) is 1. The summed E-state index contributed by atoms with van der Waals surface area (Å²) in [5.74, 6) is 0. The van der Waals surface area contributed by atoms with Gasteiger partial charge in [0, 0.05) is 6.54 Å². The molecule has 0 aliphatic carbocycles. The molecule has 0 spiro atoms. The lowest BCUT2D eigenvalue weighted by molar-refractivity contribution is 0.198. The van der Waals surface area contributed by atoms with Crippen LogP contribution in [0.1, 0.15) is 0 Å². The zero-order valence-electron chi connectivity index (χ0n) is 5.58. The van der Waals surface area contributed by atoms with E-state index in [1.54, 1.807) is 0 Å². The fourth-order valence-corrected chi connectivity index (χ4v) is 0.0873. The molecule has 0 fully saturated rings. The highest BCUT2D eigenvalue weighted by atomic mass is 16.4. The van der Waals surface area contributed by atoms with Crippen LogP contribution < -0.4 is 11.1 Å². The first-order chi connectivity index (χ1) is 4.68. The fourth-order valence-electron chi connectivity index (χ4n) is 0.0873. The van der Waals surface area contributed by atoms with Crippen LogP contribution in [0.2, 0.25) is 0 Å². The number of hydrogen-bond acceptors (Lipinski definition) is 3. The van der Waals surface area contributed by atoms with Crippen LogP contribution in [0.25, 0.3) is 0 Å². The van der Waals surface area contributed by atoms with Gasteiger partial charge >= 0.3 is 6.09 Å². The molecule has 60 valence electrons. The summed E-state index contributed by atoms with van der Waals surface area (Å²) in [6.45, 7) is 3.58. The van der Waals surface area contributed by atoms with Gasteiger partial charge in [0.05, 0.1) is 6.61 Å². The standard InChI is InChI=1S/C3H5NO2.C2H7NO/c1-2-4-3(5)6;3-1-2-4/h2,4H,1H2,(H,5,6);4H,1-3H2. The molecule has 0 atom stereocenters. The highest BCUT2D eigenvalue weighted by Crippen LogP contribution is 1.54. The number of rotatable bonds is 2. The molecule has 0 aromatic rings. The van der Waals surface area contributed by atoms with Crippen molar-refractivity contribution in [1.82, 2.24) is 5.32 Å². The third-order valence-electron chi connectivity index (χ3n) is 0.355. The van der Waals surface area contributed by atoms with E-state index in [1.165, 1.54) is 0 Å². The molecule has 0 saturated heterocycles. The van der Waals surface area contributed by atoms with E-state index >= 15 is 0 Å². The molecule has 0 radical (unpaired) electrons. The molecule has 0 aromatic carbocycles. The van der Waals surface area contributed by atoms with E-state index in [-0.39, 0.29) is 6.61 Å². The Labute approximate surface area is 59.2 Å². The van der Waals surface area contributed by atoms with Crippen LogP contribution in [0.3, 0.4) is 0 Å². The third kappa shape index (κ3) is 28.4. The topological polar surface area (TPSA) is 95.6 Å². The number of nitrogens with two attached hydrogens (primary N) is 1. The first-order valence-corrected chi connectivity index (χ1v) is 2.60. The summed E-state index contributed by atoms with van der Waals surface area (Å²) in [5, 5.41) is 17.4. The average molecular weight is 148 g/mol. The van der Waals surface area contributed by atoms with Gasteiger partial charge in [-0.15, -0.1) is 0 Å². The van der Waals surface area contributed by atoms with Crippen LogP contribution in [0.15, 0.2) is 12.8 Å². The zero-order chi connectivity index (χ0) is 8.41. The van der Waals surface area contributed by atoms with Crippen molar-refractivity contribution >= 4 is 6.09 Å². The lowest BCUT2D eigenvalue weighted by Crippen LogP contribution is -2.11. The molecule has 0 rings (SSSR count). The SMILES string of the molecule is C=CNC(=O)O.NCCO. The Kier molecular flexibility index (Phi) is 12.7. The van der Waals surface area contributed by atoms with Gasteiger partial charge < -0.3 is 15.9 Å². The highest BCUT2D eigenvalue weighted by Gasteiger charge is 1.80. The van der Waals surface area contributed by atoms with Crippen LogP contribution in [0.4, 0.5) is 4.79 Å². The first kappa shape index (κ1) is 11.7. The number of carbonyl (C=O) groups is 1. The molecule has 10 heavy (non-hydrogen) atoms. The van der Waals surface area contributed by atoms with Gasteiger partial charge in [0.25, 0.3) is 0 Å². The van der Waals surface area contributed by atoms with Gasteiger partial charge in [0.15, 0.2) is 0 Å². The van der Waals surface area contributed by atoms with Gasteiger partial charge in [0.2, 0.25) is 0 Å². The summed E-state index contributed by atoms with van der Waals surface area (Å²) in [4.78, 5) is 9.42. The summed E-state index contributed by atoms with van der Waals surface area (Å²) in [6, 6.07) is 0. The van der Waals surface area contributed by atoms with E-state index in [2.05, 4.69) is 6.58 Å². The van der Waals surface area contributed by atoms with Crippen LogP contribution in [-0.4, -0.2) is 29.5 Å². The van der Waals surface area contributed by atoms with E-state index in [0.29, 0.717) is 6.54 Å². The second kappa shape index (κ2) is 10.8. The number of nitrogens with one attached hydrogen (secondary N) is 1. The summed E-state index contributed by atoms with van der Waals surface area (Å²) in [6.07, 6.45) is 0.0208. The first-order valence-electron chi connectivity index (χ1n) is 2.60. The second-order valence-electron chi connectivity index (χ2n) is 1.17. The van der Waals surface area contributed by atoms with Crippen LogP contribution in [0.5, 0.6) is 0 Å². The summed E-state index contributed by atoms with van der Waals surface area (Å²) < 4.78 is 0. The maximum Gasteiger partial charge on any atom is 0.408 e. The Bertz CT molecular complexity index is 92.9. The predicted molar refractivity (Wildman–Crippen MR) is 37.5 cm³/mol. The van der Waals surface area contributed by atoms with Gasteiger partial charge in [-0.25, -0.2) is 4.79 Å². The van der Waals surface area contributed by atoms with Crippen LogP contribution >= 0.6 is 0 Å². The Balaban J connectivity index is 0. The summed E-state index contributed by atoms with van der Waals surface area (Å²) >= 11 is 0. The lowest BCUT2D eigenvalue weighted by atomic mass is 10.8. The van der Waals surface area contributed by atoms with E-state index in [1.807, 2.05) is 5.32 Å². The van der Waals surface area contributed by atoms with Crippen molar-refractivity contribution < 1.29 is 15.0 Å². The smallest absolute Gasteiger partial charge is 0.408 e. The van der Waals surface area contributed by atoms with Crippen molar-refractivity contribution in [3.8, 4) is 0 Å². The summed E-state index contributed by atoms with van der Waals surface area (Å²) in [7, 11) is 0. The molecule has 0 aliphatic heterocycles. The molecule has 0 bridgehead atoms. The van der Waals surface area contributed by atoms with Crippen molar-refractivity contribution in [3.63, 3.8) is 0 Å².